The summed E-state index contributed by atoms with van der Waals surface area (Å²) in [5.74, 6) is 0.270. The van der Waals surface area contributed by atoms with Crippen LogP contribution in [-0.4, -0.2) is 18.7 Å². The van der Waals surface area contributed by atoms with Crippen molar-refractivity contribution in [2.75, 3.05) is 7.11 Å². The molecule has 4 aromatic carbocycles. The predicted molar refractivity (Wildman–Crippen MR) is 151 cm³/mol. The second-order valence-corrected chi connectivity index (χ2v) is 12.0. The maximum atomic E-state index is 15.5. The SMILES string of the molecule is CCCC[C@H]([C@H](OC(=O)c1ccccc1)c1ccc(OC)cc1)P(=O)(c1ccccc1)c1ccccc1. The second kappa shape index (κ2) is 12.6. The Morgan fingerprint density at radius 3 is 1.76 bits per heavy atom. The molecule has 0 amide bonds. The van der Waals surface area contributed by atoms with Crippen LogP contribution in [0.2, 0.25) is 0 Å². The number of benzene rings is 4. The van der Waals surface area contributed by atoms with E-state index in [2.05, 4.69) is 6.92 Å². The monoisotopic (exact) mass is 512 g/mol. The van der Waals surface area contributed by atoms with E-state index in [9.17, 15) is 4.79 Å². The fourth-order valence-corrected chi connectivity index (χ4v) is 8.14. The van der Waals surface area contributed by atoms with Crippen LogP contribution < -0.4 is 15.3 Å². The van der Waals surface area contributed by atoms with Crippen molar-refractivity contribution in [2.45, 2.75) is 37.9 Å². The van der Waals surface area contributed by atoms with E-state index in [1.807, 2.05) is 103 Å². The molecule has 0 aliphatic rings. The molecule has 0 spiro atoms. The number of methoxy groups -OCH3 is 1. The lowest BCUT2D eigenvalue weighted by atomic mass is 10.0. The van der Waals surface area contributed by atoms with Gasteiger partial charge in [-0.15, -0.1) is 0 Å². The van der Waals surface area contributed by atoms with Crippen molar-refractivity contribution in [1.82, 2.24) is 0 Å². The second-order valence-electron chi connectivity index (χ2n) is 9.00. The van der Waals surface area contributed by atoms with E-state index >= 15 is 4.57 Å². The fraction of sp³-hybridized carbons (Fsp3) is 0.219. The molecule has 5 heteroatoms. The zero-order valence-corrected chi connectivity index (χ0v) is 22.2. The van der Waals surface area contributed by atoms with Gasteiger partial charge in [0.2, 0.25) is 0 Å². The van der Waals surface area contributed by atoms with Crippen LogP contribution in [-0.2, 0) is 9.30 Å². The minimum atomic E-state index is -3.26. The maximum Gasteiger partial charge on any atom is 0.338 e. The highest BCUT2D eigenvalue weighted by Gasteiger charge is 2.43. The van der Waals surface area contributed by atoms with E-state index in [1.54, 1.807) is 19.2 Å². The van der Waals surface area contributed by atoms with E-state index in [0.717, 1.165) is 29.0 Å². The van der Waals surface area contributed by atoms with E-state index in [4.69, 9.17) is 9.47 Å². The van der Waals surface area contributed by atoms with Crippen LogP contribution in [0.25, 0.3) is 0 Å². The first-order chi connectivity index (χ1) is 18.1. The molecule has 0 bridgehead atoms. The first kappa shape index (κ1) is 26.4. The van der Waals surface area contributed by atoms with Crippen LogP contribution in [0.15, 0.2) is 115 Å². The first-order valence-electron chi connectivity index (χ1n) is 12.7. The summed E-state index contributed by atoms with van der Waals surface area (Å²) in [6, 6.07) is 35.7. The van der Waals surface area contributed by atoms with Gasteiger partial charge in [-0.3, -0.25) is 0 Å². The molecule has 0 unspecified atom stereocenters. The lowest BCUT2D eigenvalue weighted by Crippen LogP contribution is -2.33. The summed E-state index contributed by atoms with van der Waals surface area (Å²) in [6.45, 7) is 2.12. The molecule has 0 fully saturated rings. The van der Waals surface area contributed by atoms with Crippen molar-refractivity contribution in [2.24, 2.45) is 0 Å². The Morgan fingerprint density at radius 1 is 0.757 bits per heavy atom. The van der Waals surface area contributed by atoms with Crippen LogP contribution in [0, 0.1) is 0 Å². The van der Waals surface area contributed by atoms with Crippen LogP contribution in [0.4, 0.5) is 0 Å². The van der Waals surface area contributed by atoms with Crippen LogP contribution >= 0.6 is 7.14 Å². The van der Waals surface area contributed by atoms with Crippen LogP contribution in [0.5, 0.6) is 5.75 Å². The Morgan fingerprint density at radius 2 is 1.27 bits per heavy atom. The summed E-state index contributed by atoms with van der Waals surface area (Å²) in [4.78, 5) is 13.4. The van der Waals surface area contributed by atoms with Crippen LogP contribution in [0.1, 0.15) is 48.2 Å². The number of hydrogen-bond acceptors (Lipinski definition) is 4. The summed E-state index contributed by atoms with van der Waals surface area (Å²) >= 11 is 0. The number of hydrogen-bond donors (Lipinski definition) is 0. The van der Waals surface area contributed by atoms with Crippen molar-refractivity contribution in [3.8, 4) is 5.75 Å². The fourth-order valence-electron chi connectivity index (χ4n) is 4.69. The minimum Gasteiger partial charge on any atom is -0.497 e. The number of carbonyl (C=O) groups is 1. The lowest BCUT2D eigenvalue weighted by Gasteiger charge is -2.35. The molecule has 0 aromatic heterocycles. The molecule has 190 valence electrons. The van der Waals surface area contributed by atoms with E-state index < -0.39 is 24.9 Å². The predicted octanol–water partition coefficient (Wildman–Crippen LogP) is 7.17. The third-order valence-corrected chi connectivity index (χ3v) is 10.2. The Bertz CT molecular complexity index is 1260. The molecule has 37 heavy (non-hydrogen) atoms. The molecule has 0 heterocycles. The van der Waals surface area contributed by atoms with Gasteiger partial charge in [-0.25, -0.2) is 4.79 Å². The van der Waals surface area contributed by atoms with E-state index in [-0.39, 0.29) is 0 Å². The van der Waals surface area contributed by atoms with Gasteiger partial charge in [0, 0.05) is 10.6 Å². The van der Waals surface area contributed by atoms with Crippen LogP contribution in [0.3, 0.4) is 0 Å². The summed E-state index contributed by atoms with van der Waals surface area (Å²) in [7, 11) is -1.64. The number of rotatable bonds is 11. The smallest absolute Gasteiger partial charge is 0.338 e. The summed E-state index contributed by atoms with van der Waals surface area (Å²) in [5, 5.41) is 1.52. The minimum absolute atomic E-state index is 0.435. The number of carbonyl (C=O) groups excluding carboxylic acids is 1. The van der Waals surface area contributed by atoms with Gasteiger partial charge in [0.15, 0.2) is 0 Å². The molecular weight excluding hydrogens is 479 g/mol. The Balaban J connectivity index is 1.89. The quantitative estimate of drug-likeness (QED) is 0.158. The number of ether oxygens (including phenoxy) is 2. The summed E-state index contributed by atoms with van der Waals surface area (Å²) in [6.07, 6.45) is 1.69. The van der Waals surface area contributed by atoms with Gasteiger partial charge in [-0.2, -0.15) is 0 Å². The Hall–Kier alpha value is -3.62. The average molecular weight is 513 g/mol. The van der Waals surface area contributed by atoms with Gasteiger partial charge in [-0.1, -0.05) is 111 Å². The Kier molecular flexibility index (Phi) is 8.98. The van der Waals surface area contributed by atoms with E-state index in [1.165, 1.54) is 0 Å². The topological polar surface area (TPSA) is 52.6 Å². The summed E-state index contributed by atoms with van der Waals surface area (Å²) < 4.78 is 27.1. The first-order valence-corrected chi connectivity index (χ1v) is 14.5. The molecular formula is C32H33O4P. The van der Waals surface area contributed by atoms with Gasteiger partial charge in [0.1, 0.15) is 19.0 Å². The van der Waals surface area contributed by atoms with Gasteiger partial charge in [0.05, 0.1) is 18.3 Å². The van der Waals surface area contributed by atoms with Gasteiger partial charge in [0.25, 0.3) is 0 Å². The zero-order chi connectivity index (χ0) is 26.1. The molecule has 4 nitrogen and oxygen atoms in total. The standard InChI is InChI=1S/C32H33O4P/c1-3-4-20-30(37(34,28-16-10-6-11-17-28)29-18-12-7-13-19-29)31(25-21-23-27(35-2)24-22-25)36-32(33)26-14-8-5-9-15-26/h5-19,21-24,30-31H,3-4,20H2,1-2H3/t30-,31-/m1/s1. The Labute approximate surface area is 219 Å². The molecule has 0 N–H and O–H groups in total. The average Bonchev–Trinajstić information content (AvgIpc) is 2.97. The molecule has 4 aromatic rings. The lowest BCUT2D eigenvalue weighted by molar-refractivity contribution is 0.0279. The summed E-state index contributed by atoms with van der Waals surface area (Å²) in [5.41, 5.74) is 0.793. The molecule has 0 saturated heterocycles. The van der Waals surface area contributed by atoms with Gasteiger partial charge < -0.3 is 14.0 Å². The molecule has 0 saturated carbocycles. The number of esters is 1. The molecule has 0 aliphatic heterocycles. The highest BCUT2D eigenvalue weighted by atomic mass is 31.2. The number of unbranched alkanes of at least 4 members (excludes halogenated alkanes) is 1. The zero-order valence-electron chi connectivity index (χ0n) is 21.3. The normalized spacial score (nSPS) is 12.9. The van der Waals surface area contributed by atoms with Gasteiger partial charge in [-0.05, 0) is 36.2 Å². The highest BCUT2D eigenvalue weighted by Crippen LogP contribution is 2.56. The van der Waals surface area contributed by atoms with Gasteiger partial charge >= 0.3 is 5.97 Å². The molecule has 4 rings (SSSR count). The highest BCUT2D eigenvalue weighted by molar-refractivity contribution is 7.79. The maximum absolute atomic E-state index is 15.5. The molecule has 0 aliphatic carbocycles. The molecule has 2 atom stereocenters. The van der Waals surface area contributed by atoms with Crippen molar-refractivity contribution >= 4 is 23.7 Å². The van der Waals surface area contributed by atoms with Crippen molar-refractivity contribution in [3.05, 3.63) is 126 Å². The molecule has 0 radical (unpaired) electrons. The largest absolute Gasteiger partial charge is 0.497 e. The van der Waals surface area contributed by atoms with E-state index in [0.29, 0.717) is 17.7 Å². The third kappa shape index (κ3) is 6.03. The third-order valence-electron chi connectivity index (χ3n) is 6.64. The van der Waals surface area contributed by atoms with Crippen molar-refractivity contribution < 1.29 is 18.8 Å². The van der Waals surface area contributed by atoms with Crippen molar-refractivity contribution in [3.63, 3.8) is 0 Å². The van der Waals surface area contributed by atoms with Crippen molar-refractivity contribution in [1.29, 1.82) is 0 Å².